The Hall–Kier alpha value is -3.16. The number of nitro groups is 1. The molecule has 0 spiro atoms. The fraction of sp³-hybridized carbons (Fsp3) is 0.188. The maximum Gasteiger partial charge on any atom is 0.328 e. The number of benzene rings is 2. The van der Waals surface area contributed by atoms with E-state index in [1.165, 1.54) is 13.2 Å². The Morgan fingerprint density at radius 2 is 2.08 bits per heavy atom. The highest BCUT2D eigenvalue weighted by Gasteiger charge is 2.22. The number of nitrogens with zero attached hydrogens (tertiary/aromatic N) is 3. The Kier molecular flexibility index (Phi) is 3.80. The van der Waals surface area contributed by atoms with Crippen molar-refractivity contribution >= 4 is 28.1 Å². The molecule has 0 saturated heterocycles. The van der Waals surface area contributed by atoms with Crippen molar-refractivity contribution in [1.82, 2.24) is 9.55 Å². The molecular formula is C16H15FN4O3. The van der Waals surface area contributed by atoms with Crippen molar-refractivity contribution in [3.05, 3.63) is 52.1 Å². The highest BCUT2D eigenvalue weighted by molar-refractivity contribution is 5.82. The van der Waals surface area contributed by atoms with Crippen molar-refractivity contribution in [1.29, 1.82) is 0 Å². The van der Waals surface area contributed by atoms with Crippen molar-refractivity contribution in [3.8, 4) is 5.75 Å². The van der Waals surface area contributed by atoms with E-state index in [9.17, 15) is 14.5 Å². The molecular weight excluding hydrogens is 315 g/mol. The predicted molar refractivity (Wildman–Crippen MR) is 88.3 cm³/mol. The predicted octanol–water partition coefficient (Wildman–Crippen LogP) is 3.68. The minimum absolute atomic E-state index is 0.0175. The summed E-state index contributed by atoms with van der Waals surface area (Å²) in [5.41, 5.74) is 1.63. The first kappa shape index (κ1) is 15.7. The Balaban J connectivity index is 2.07. The molecule has 0 aliphatic rings. The van der Waals surface area contributed by atoms with Crippen molar-refractivity contribution in [2.75, 3.05) is 12.4 Å². The van der Waals surface area contributed by atoms with Gasteiger partial charge in [-0.3, -0.25) is 10.1 Å². The smallest absolute Gasteiger partial charge is 0.328 e. The maximum atomic E-state index is 14.0. The number of nitro benzene ring substituents is 1. The second kappa shape index (κ2) is 5.80. The first-order valence-electron chi connectivity index (χ1n) is 7.12. The molecule has 0 amide bonds. The van der Waals surface area contributed by atoms with Crippen molar-refractivity contribution in [2.24, 2.45) is 7.05 Å². The monoisotopic (exact) mass is 330 g/mol. The minimum atomic E-state index is -0.961. The van der Waals surface area contributed by atoms with Crippen LogP contribution < -0.4 is 10.1 Å². The largest absolute Gasteiger partial charge is 0.497 e. The van der Waals surface area contributed by atoms with Gasteiger partial charge in [-0.05, 0) is 25.1 Å². The summed E-state index contributed by atoms with van der Waals surface area (Å²) in [4.78, 5) is 14.8. The van der Waals surface area contributed by atoms with Gasteiger partial charge in [0.15, 0.2) is 0 Å². The van der Waals surface area contributed by atoms with Crippen LogP contribution in [0.1, 0.15) is 5.82 Å². The number of fused-ring (bicyclic) bond motifs is 1. The van der Waals surface area contributed by atoms with Crippen molar-refractivity contribution in [3.63, 3.8) is 0 Å². The van der Waals surface area contributed by atoms with E-state index in [1.54, 1.807) is 12.1 Å². The molecule has 0 unspecified atom stereocenters. The molecule has 0 aliphatic heterocycles. The maximum absolute atomic E-state index is 14.0. The van der Waals surface area contributed by atoms with E-state index >= 15 is 0 Å². The van der Waals surface area contributed by atoms with Crippen molar-refractivity contribution < 1.29 is 14.1 Å². The highest BCUT2D eigenvalue weighted by Crippen LogP contribution is 2.35. The number of halogens is 1. The lowest BCUT2D eigenvalue weighted by atomic mass is 10.2. The number of ether oxygens (including phenoxy) is 1. The summed E-state index contributed by atoms with van der Waals surface area (Å²) >= 11 is 0. The molecule has 1 N–H and O–H groups in total. The zero-order valence-electron chi connectivity index (χ0n) is 13.3. The molecule has 2 aromatic carbocycles. The Morgan fingerprint density at radius 1 is 1.33 bits per heavy atom. The quantitative estimate of drug-likeness (QED) is 0.583. The summed E-state index contributed by atoms with van der Waals surface area (Å²) in [5, 5.41) is 14.0. The molecule has 0 bridgehead atoms. The molecule has 0 fully saturated rings. The van der Waals surface area contributed by atoms with Crippen LogP contribution >= 0.6 is 0 Å². The van der Waals surface area contributed by atoms with Crippen LogP contribution in [0.15, 0.2) is 30.3 Å². The average Bonchev–Trinajstić information content (AvgIpc) is 2.80. The van der Waals surface area contributed by atoms with Gasteiger partial charge in [-0.15, -0.1) is 0 Å². The Bertz CT molecular complexity index is 952. The zero-order chi connectivity index (χ0) is 17.4. The molecule has 0 saturated carbocycles. The third-order valence-corrected chi connectivity index (χ3v) is 3.84. The summed E-state index contributed by atoms with van der Waals surface area (Å²) in [6.07, 6.45) is 0. The van der Waals surface area contributed by atoms with E-state index in [4.69, 9.17) is 4.74 Å². The fourth-order valence-corrected chi connectivity index (χ4v) is 2.53. The second-order valence-corrected chi connectivity index (χ2v) is 5.31. The summed E-state index contributed by atoms with van der Waals surface area (Å²) in [6, 6.07) is 7.72. The average molecular weight is 330 g/mol. The van der Waals surface area contributed by atoms with Gasteiger partial charge >= 0.3 is 5.69 Å². The van der Waals surface area contributed by atoms with Crippen LogP contribution in [0.2, 0.25) is 0 Å². The highest BCUT2D eigenvalue weighted by atomic mass is 19.1. The van der Waals surface area contributed by atoms with Gasteiger partial charge in [0.2, 0.25) is 5.82 Å². The lowest BCUT2D eigenvalue weighted by Crippen LogP contribution is -2.01. The number of aromatic nitrogens is 2. The van der Waals surface area contributed by atoms with Gasteiger partial charge < -0.3 is 14.6 Å². The molecule has 1 aromatic heterocycles. The number of nitrogens with one attached hydrogen (secondary N) is 1. The van der Waals surface area contributed by atoms with Crippen LogP contribution in [-0.2, 0) is 7.05 Å². The van der Waals surface area contributed by atoms with E-state index in [1.807, 2.05) is 24.6 Å². The summed E-state index contributed by atoms with van der Waals surface area (Å²) < 4.78 is 20.9. The van der Waals surface area contributed by atoms with Crippen LogP contribution in [0.25, 0.3) is 11.0 Å². The van der Waals surface area contributed by atoms with E-state index < -0.39 is 16.4 Å². The molecule has 1 heterocycles. The minimum Gasteiger partial charge on any atom is -0.497 e. The van der Waals surface area contributed by atoms with E-state index in [2.05, 4.69) is 10.3 Å². The number of hydrogen-bond acceptors (Lipinski definition) is 5. The Labute approximate surface area is 136 Å². The first-order chi connectivity index (χ1) is 11.4. The van der Waals surface area contributed by atoms with Crippen molar-refractivity contribution in [2.45, 2.75) is 6.92 Å². The van der Waals surface area contributed by atoms with E-state index in [0.717, 1.165) is 22.9 Å². The molecule has 24 heavy (non-hydrogen) atoms. The normalized spacial score (nSPS) is 10.8. The van der Waals surface area contributed by atoms with Crippen LogP contribution in [0, 0.1) is 22.9 Å². The molecule has 3 rings (SSSR count). The van der Waals surface area contributed by atoms with Crippen LogP contribution in [-0.4, -0.2) is 21.6 Å². The SMILES string of the molecule is COc1cc(F)c([N+](=O)[O-])c(Nc2ccc3c(c2)nc(C)n3C)c1. The van der Waals surface area contributed by atoms with Crippen LogP contribution in [0.5, 0.6) is 5.75 Å². The number of imidazole rings is 1. The van der Waals surface area contributed by atoms with E-state index in [-0.39, 0.29) is 11.4 Å². The molecule has 8 heteroatoms. The zero-order valence-corrected chi connectivity index (χ0v) is 13.3. The van der Waals surface area contributed by atoms with Crippen LogP contribution in [0.4, 0.5) is 21.5 Å². The molecule has 7 nitrogen and oxygen atoms in total. The van der Waals surface area contributed by atoms with Gasteiger partial charge in [0.25, 0.3) is 0 Å². The number of anilines is 2. The molecule has 0 atom stereocenters. The second-order valence-electron chi connectivity index (χ2n) is 5.31. The van der Waals surface area contributed by atoms with Gasteiger partial charge in [0, 0.05) is 24.9 Å². The van der Waals surface area contributed by atoms with E-state index in [0.29, 0.717) is 5.69 Å². The molecule has 0 radical (unpaired) electrons. The third-order valence-electron chi connectivity index (χ3n) is 3.84. The number of methoxy groups -OCH3 is 1. The lowest BCUT2D eigenvalue weighted by molar-refractivity contribution is -0.386. The summed E-state index contributed by atoms with van der Waals surface area (Å²) in [7, 11) is 3.27. The van der Waals surface area contributed by atoms with Gasteiger partial charge in [-0.2, -0.15) is 4.39 Å². The summed E-state index contributed by atoms with van der Waals surface area (Å²) in [6.45, 7) is 1.88. The van der Waals surface area contributed by atoms with Gasteiger partial charge in [-0.25, -0.2) is 4.98 Å². The number of aryl methyl sites for hydroxylation is 2. The van der Waals surface area contributed by atoms with Gasteiger partial charge in [0.1, 0.15) is 17.3 Å². The number of hydrogen-bond donors (Lipinski definition) is 1. The number of rotatable bonds is 4. The fourth-order valence-electron chi connectivity index (χ4n) is 2.53. The van der Waals surface area contributed by atoms with Gasteiger partial charge in [0.05, 0.1) is 23.1 Å². The summed E-state index contributed by atoms with van der Waals surface area (Å²) in [5.74, 6) is 0.0764. The molecule has 124 valence electrons. The Morgan fingerprint density at radius 3 is 2.75 bits per heavy atom. The molecule has 0 aliphatic carbocycles. The first-order valence-corrected chi connectivity index (χ1v) is 7.12. The lowest BCUT2D eigenvalue weighted by Gasteiger charge is -2.10. The standard InChI is InChI=1S/C16H15FN4O3/c1-9-18-13-6-10(4-5-15(13)20(9)2)19-14-8-11(24-3)7-12(17)16(14)21(22)23/h4-8,19H,1-3H3. The third kappa shape index (κ3) is 2.62. The topological polar surface area (TPSA) is 82.2 Å². The van der Waals surface area contributed by atoms with Crippen LogP contribution in [0.3, 0.4) is 0 Å². The van der Waals surface area contributed by atoms with Gasteiger partial charge in [-0.1, -0.05) is 0 Å². The molecule has 3 aromatic rings.